The molecule has 2 fully saturated rings. The van der Waals surface area contributed by atoms with E-state index in [9.17, 15) is 18.0 Å². The second-order valence-electron chi connectivity index (χ2n) is 6.92. The second-order valence-corrected chi connectivity index (χ2v) is 6.92. The zero-order chi connectivity index (χ0) is 19.0. The Hall–Kier alpha value is -2.64. The molecule has 2 unspecified atom stereocenters. The van der Waals surface area contributed by atoms with E-state index in [1.807, 2.05) is 0 Å². The summed E-state index contributed by atoms with van der Waals surface area (Å²) in [4.78, 5) is 22.0. The number of hydrogen-bond donors (Lipinski definition) is 0. The normalized spacial score (nSPS) is 24.7. The molecule has 0 aliphatic carbocycles. The Balaban J connectivity index is 1.45. The Morgan fingerprint density at radius 2 is 1.74 bits per heavy atom. The van der Waals surface area contributed by atoms with E-state index in [1.165, 1.54) is 6.07 Å². The van der Waals surface area contributed by atoms with Crippen LogP contribution in [0.1, 0.15) is 41.7 Å². The monoisotopic (exact) mass is 377 g/mol. The van der Waals surface area contributed by atoms with Crippen molar-refractivity contribution in [3.63, 3.8) is 0 Å². The number of nitrogens with zero attached hydrogens (tertiary/aromatic N) is 3. The predicted molar refractivity (Wildman–Crippen MR) is 90.1 cm³/mol. The largest absolute Gasteiger partial charge is 0.490 e. The van der Waals surface area contributed by atoms with E-state index in [2.05, 4.69) is 9.97 Å². The van der Waals surface area contributed by atoms with Gasteiger partial charge in [0.2, 0.25) is 0 Å². The summed E-state index contributed by atoms with van der Waals surface area (Å²) in [5.74, 6) is 0.493. The van der Waals surface area contributed by atoms with Crippen LogP contribution in [0.25, 0.3) is 0 Å². The van der Waals surface area contributed by atoms with Crippen LogP contribution in [0.2, 0.25) is 0 Å². The molecule has 2 bridgehead atoms. The summed E-state index contributed by atoms with van der Waals surface area (Å²) < 4.78 is 44.0. The molecule has 0 spiro atoms. The van der Waals surface area contributed by atoms with Crippen LogP contribution in [0.4, 0.5) is 13.2 Å². The maximum atomic E-state index is 12.8. The third-order valence-corrected chi connectivity index (χ3v) is 5.18. The highest BCUT2D eigenvalue weighted by Gasteiger charge is 2.44. The lowest BCUT2D eigenvalue weighted by molar-refractivity contribution is -0.141. The van der Waals surface area contributed by atoms with Crippen molar-refractivity contribution in [1.82, 2.24) is 14.9 Å². The summed E-state index contributed by atoms with van der Waals surface area (Å²) in [7, 11) is 0. The summed E-state index contributed by atoms with van der Waals surface area (Å²) in [6.45, 7) is 0. The van der Waals surface area contributed by atoms with Gasteiger partial charge in [-0.15, -0.1) is 0 Å². The average Bonchev–Trinajstić information content (AvgIpc) is 2.92. The van der Waals surface area contributed by atoms with Gasteiger partial charge in [0.1, 0.15) is 17.5 Å². The van der Waals surface area contributed by atoms with Crippen molar-refractivity contribution in [1.29, 1.82) is 0 Å². The summed E-state index contributed by atoms with van der Waals surface area (Å²) in [6.07, 6.45) is 3.02. The molecule has 27 heavy (non-hydrogen) atoms. The van der Waals surface area contributed by atoms with E-state index < -0.39 is 11.9 Å². The van der Waals surface area contributed by atoms with Gasteiger partial charge in [0, 0.05) is 43.5 Å². The van der Waals surface area contributed by atoms with Crippen LogP contribution in [0.3, 0.4) is 0 Å². The molecule has 142 valence electrons. The van der Waals surface area contributed by atoms with E-state index in [1.54, 1.807) is 29.4 Å². The number of rotatable bonds is 3. The SMILES string of the molecule is O=C(c1ccc(C(F)(F)F)nc1)N1C2CCC1CC(Oc1ccncc1)C2. The first-order valence-corrected chi connectivity index (χ1v) is 8.84. The fourth-order valence-electron chi connectivity index (χ4n) is 4.00. The first kappa shape index (κ1) is 17.8. The maximum absolute atomic E-state index is 12.8. The molecular formula is C19H18F3N3O2. The Bertz CT molecular complexity index is 797. The van der Waals surface area contributed by atoms with Gasteiger partial charge in [-0.3, -0.25) is 14.8 Å². The number of hydrogen-bond acceptors (Lipinski definition) is 4. The number of carbonyl (C=O) groups is 1. The highest BCUT2D eigenvalue weighted by atomic mass is 19.4. The van der Waals surface area contributed by atoms with Crippen molar-refractivity contribution in [3.8, 4) is 5.75 Å². The van der Waals surface area contributed by atoms with Crippen molar-refractivity contribution >= 4 is 5.91 Å². The highest BCUT2D eigenvalue weighted by Crippen LogP contribution is 2.38. The zero-order valence-corrected chi connectivity index (χ0v) is 14.4. The van der Waals surface area contributed by atoms with Crippen LogP contribution < -0.4 is 4.74 Å². The minimum atomic E-state index is -4.51. The quantitative estimate of drug-likeness (QED) is 0.818. The number of alkyl halides is 3. The molecule has 4 rings (SSSR count). The molecule has 8 heteroatoms. The van der Waals surface area contributed by atoms with Crippen molar-refractivity contribution in [2.24, 2.45) is 0 Å². The lowest BCUT2D eigenvalue weighted by Gasteiger charge is -2.39. The fourth-order valence-corrected chi connectivity index (χ4v) is 4.00. The van der Waals surface area contributed by atoms with Crippen molar-refractivity contribution in [3.05, 3.63) is 54.1 Å². The number of fused-ring (bicyclic) bond motifs is 2. The number of amides is 1. The van der Waals surface area contributed by atoms with Gasteiger partial charge >= 0.3 is 6.18 Å². The number of halogens is 3. The Labute approximate surface area is 154 Å². The van der Waals surface area contributed by atoms with Crippen LogP contribution >= 0.6 is 0 Å². The van der Waals surface area contributed by atoms with Crippen molar-refractivity contribution in [2.45, 2.75) is 50.0 Å². The van der Waals surface area contributed by atoms with E-state index in [-0.39, 0.29) is 29.7 Å². The first-order chi connectivity index (χ1) is 12.9. The molecule has 2 aliphatic rings. The van der Waals surface area contributed by atoms with Gasteiger partial charge in [-0.05, 0) is 37.1 Å². The summed E-state index contributed by atoms with van der Waals surface area (Å²) in [5, 5.41) is 0. The van der Waals surface area contributed by atoms with E-state index in [0.717, 1.165) is 30.9 Å². The zero-order valence-electron chi connectivity index (χ0n) is 14.4. The van der Waals surface area contributed by atoms with Gasteiger partial charge in [-0.2, -0.15) is 13.2 Å². The molecule has 5 nitrogen and oxygen atoms in total. The summed E-state index contributed by atoms with van der Waals surface area (Å²) in [5.41, 5.74) is -0.806. The summed E-state index contributed by atoms with van der Waals surface area (Å²) in [6, 6.07) is 5.72. The third-order valence-electron chi connectivity index (χ3n) is 5.18. The molecule has 2 atom stereocenters. The second kappa shape index (κ2) is 6.83. The Kier molecular flexibility index (Phi) is 4.49. The molecular weight excluding hydrogens is 359 g/mol. The number of piperidine rings is 1. The average molecular weight is 377 g/mol. The number of pyridine rings is 2. The molecule has 1 amide bonds. The van der Waals surface area contributed by atoms with Gasteiger partial charge in [0.15, 0.2) is 0 Å². The standard InChI is InChI=1S/C19H18F3N3O2/c20-19(21,22)17-4-1-12(11-24-17)18(26)25-13-2-3-14(25)10-16(9-13)27-15-5-7-23-8-6-15/h1,4-8,11,13-14,16H,2-3,9-10H2. The van der Waals surface area contributed by atoms with Crippen LogP contribution in [0, 0.1) is 0 Å². The van der Waals surface area contributed by atoms with E-state index in [0.29, 0.717) is 12.8 Å². The third kappa shape index (κ3) is 3.61. The summed E-state index contributed by atoms with van der Waals surface area (Å²) >= 11 is 0. The number of carbonyl (C=O) groups excluding carboxylic acids is 1. The first-order valence-electron chi connectivity index (χ1n) is 8.84. The van der Waals surface area contributed by atoms with Crippen LogP contribution in [0.5, 0.6) is 5.75 Å². The minimum Gasteiger partial charge on any atom is -0.490 e. The van der Waals surface area contributed by atoms with E-state index >= 15 is 0 Å². The van der Waals surface area contributed by atoms with Crippen LogP contribution in [0.15, 0.2) is 42.9 Å². The molecule has 2 aliphatic heterocycles. The smallest absolute Gasteiger partial charge is 0.433 e. The van der Waals surface area contributed by atoms with Crippen molar-refractivity contribution in [2.75, 3.05) is 0 Å². The van der Waals surface area contributed by atoms with Gasteiger partial charge in [0.05, 0.1) is 5.56 Å². The topological polar surface area (TPSA) is 55.3 Å². The predicted octanol–water partition coefficient (Wildman–Crippen LogP) is 3.71. The maximum Gasteiger partial charge on any atom is 0.433 e. The van der Waals surface area contributed by atoms with Gasteiger partial charge in [0.25, 0.3) is 5.91 Å². The number of aromatic nitrogens is 2. The van der Waals surface area contributed by atoms with E-state index in [4.69, 9.17) is 4.74 Å². The van der Waals surface area contributed by atoms with Crippen LogP contribution in [-0.4, -0.2) is 39.0 Å². The Morgan fingerprint density at radius 1 is 1.07 bits per heavy atom. The fraction of sp³-hybridized carbons (Fsp3) is 0.421. The van der Waals surface area contributed by atoms with Crippen LogP contribution in [-0.2, 0) is 6.18 Å². The minimum absolute atomic E-state index is 0.0136. The molecule has 0 aromatic carbocycles. The molecule has 2 saturated heterocycles. The molecule has 2 aromatic rings. The van der Waals surface area contributed by atoms with Crippen molar-refractivity contribution < 1.29 is 22.7 Å². The molecule has 0 radical (unpaired) electrons. The molecule has 0 N–H and O–H groups in total. The molecule has 0 saturated carbocycles. The van der Waals surface area contributed by atoms with Gasteiger partial charge in [-0.25, -0.2) is 0 Å². The van der Waals surface area contributed by atoms with Gasteiger partial charge in [-0.1, -0.05) is 0 Å². The lowest BCUT2D eigenvalue weighted by atomic mass is 9.98. The molecule has 4 heterocycles. The Morgan fingerprint density at radius 3 is 2.30 bits per heavy atom. The highest BCUT2D eigenvalue weighted by molar-refractivity contribution is 5.94. The van der Waals surface area contributed by atoms with Gasteiger partial charge < -0.3 is 9.64 Å². The lowest BCUT2D eigenvalue weighted by Crippen LogP contribution is -2.49. The molecule has 2 aromatic heterocycles. The number of ether oxygens (including phenoxy) is 1.